The second-order valence-corrected chi connectivity index (χ2v) is 6.54. The van der Waals surface area contributed by atoms with Crippen LogP contribution < -0.4 is 5.32 Å². The summed E-state index contributed by atoms with van der Waals surface area (Å²) in [6.45, 7) is 3.58. The molecule has 1 aromatic heterocycles. The second kappa shape index (κ2) is 6.63. The molecule has 2 aromatic carbocycles. The molecule has 0 saturated heterocycles. The van der Waals surface area contributed by atoms with Crippen LogP contribution in [0.25, 0.3) is 10.9 Å². The number of aromatic nitrogens is 1. The van der Waals surface area contributed by atoms with E-state index >= 15 is 0 Å². The lowest BCUT2D eigenvalue weighted by atomic mass is 9.83. The average molecular weight is 354 g/mol. The van der Waals surface area contributed by atoms with Gasteiger partial charge >= 0.3 is 5.97 Å². The van der Waals surface area contributed by atoms with Crippen LogP contribution >= 0.6 is 0 Å². The number of benzene rings is 2. The normalized spacial score (nSPS) is 11.4. The maximum Gasteiger partial charge on any atom is 0.337 e. The van der Waals surface area contributed by atoms with Gasteiger partial charge in [0.1, 0.15) is 5.82 Å². The molecule has 2 N–H and O–H groups in total. The molecule has 1 heterocycles. The highest BCUT2D eigenvalue weighted by Gasteiger charge is 2.32. The average Bonchev–Trinajstić information content (AvgIpc) is 3.04. The minimum absolute atomic E-state index is 0.246. The van der Waals surface area contributed by atoms with Gasteiger partial charge < -0.3 is 15.0 Å². The second-order valence-electron chi connectivity index (χ2n) is 6.54. The number of H-pyrrole nitrogens is 1. The molecule has 0 aliphatic carbocycles. The Morgan fingerprint density at radius 1 is 1.15 bits per heavy atom. The third-order valence-electron chi connectivity index (χ3n) is 4.43. The third-order valence-corrected chi connectivity index (χ3v) is 4.43. The molecule has 0 spiro atoms. The van der Waals surface area contributed by atoms with Crippen LogP contribution in [-0.4, -0.2) is 24.0 Å². The lowest BCUT2D eigenvalue weighted by molar-refractivity contribution is -0.120. The fourth-order valence-corrected chi connectivity index (χ4v) is 2.87. The van der Waals surface area contributed by atoms with Gasteiger partial charge in [-0.1, -0.05) is 6.07 Å². The molecule has 0 fully saturated rings. The number of carbonyl (C=O) groups excluding carboxylic acids is 2. The SMILES string of the molecule is COC(=O)c1cccc(NC(=O)C(C)(C)c2c[nH]c3cc(F)ccc23)c1. The summed E-state index contributed by atoms with van der Waals surface area (Å²) in [5.74, 6) is -1.06. The van der Waals surface area contributed by atoms with Crippen molar-refractivity contribution in [2.45, 2.75) is 19.3 Å². The molecule has 1 amide bonds. The summed E-state index contributed by atoms with van der Waals surface area (Å²) in [5, 5.41) is 3.62. The van der Waals surface area contributed by atoms with Crippen LogP contribution in [0.3, 0.4) is 0 Å². The highest BCUT2D eigenvalue weighted by molar-refractivity contribution is 6.02. The number of methoxy groups -OCH3 is 1. The molecule has 0 saturated carbocycles. The maximum absolute atomic E-state index is 13.4. The summed E-state index contributed by atoms with van der Waals surface area (Å²) in [4.78, 5) is 27.5. The third kappa shape index (κ3) is 3.18. The Labute approximate surface area is 150 Å². The Morgan fingerprint density at radius 3 is 2.65 bits per heavy atom. The zero-order valence-electron chi connectivity index (χ0n) is 14.7. The van der Waals surface area contributed by atoms with Crippen LogP contribution in [0, 0.1) is 5.82 Å². The predicted molar refractivity (Wildman–Crippen MR) is 97.7 cm³/mol. The van der Waals surface area contributed by atoms with E-state index in [1.807, 2.05) is 0 Å². The topological polar surface area (TPSA) is 71.2 Å². The zero-order chi connectivity index (χ0) is 18.9. The van der Waals surface area contributed by atoms with E-state index in [0.717, 1.165) is 10.9 Å². The Kier molecular flexibility index (Phi) is 4.50. The Bertz CT molecular complexity index is 992. The molecule has 0 bridgehead atoms. The highest BCUT2D eigenvalue weighted by Crippen LogP contribution is 2.32. The summed E-state index contributed by atoms with van der Waals surface area (Å²) in [6, 6.07) is 11.0. The Balaban J connectivity index is 1.89. The van der Waals surface area contributed by atoms with Crippen LogP contribution in [0.5, 0.6) is 0 Å². The van der Waals surface area contributed by atoms with Crippen molar-refractivity contribution in [1.82, 2.24) is 4.98 Å². The van der Waals surface area contributed by atoms with Crippen molar-refractivity contribution < 1.29 is 18.7 Å². The summed E-state index contributed by atoms with van der Waals surface area (Å²) in [6.07, 6.45) is 1.72. The van der Waals surface area contributed by atoms with Gasteiger partial charge in [-0.25, -0.2) is 9.18 Å². The van der Waals surface area contributed by atoms with Crippen LogP contribution in [0.2, 0.25) is 0 Å². The van der Waals surface area contributed by atoms with Gasteiger partial charge in [0.05, 0.1) is 18.1 Å². The van der Waals surface area contributed by atoms with Crippen molar-refractivity contribution in [1.29, 1.82) is 0 Å². The van der Waals surface area contributed by atoms with Gasteiger partial charge in [-0.3, -0.25) is 4.79 Å². The van der Waals surface area contributed by atoms with Crippen molar-refractivity contribution in [3.05, 3.63) is 65.6 Å². The van der Waals surface area contributed by atoms with Gasteiger partial charge in [-0.15, -0.1) is 0 Å². The number of rotatable bonds is 4. The number of esters is 1. The number of hydrogen-bond acceptors (Lipinski definition) is 3. The number of anilines is 1. The molecule has 0 radical (unpaired) electrons. The molecular formula is C20H19FN2O3. The van der Waals surface area contributed by atoms with E-state index in [2.05, 4.69) is 10.3 Å². The number of carbonyl (C=O) groups is 2. The number of ether oxygens (including phenoxy) is 1. The number of hydrogen-bond donors (Lipinski definition) is 2. The lowest BCUT2D eigenvalue weighted by Gasteiger charge is -2.23. The Hall–Kier alpha value is -3.15. The van der Waals surface area contributed by atoms with Crippen LogP contribution in [0.15, 0.2) is 48.7 Å². The molecule has 0 unspecified atom stereocenters. The number of fused-ring (bicyclic) bond motifs is 1. The summed E-state index contributed by atoms with van der Waals surface area (Å²) in [7, 11) is 1.30. The quantitative estimate of drug-likeness (QED) is 0.696. The molecule has 6 heteroatoms. The number of halogens is 1. The standard InChI is InChI=1S/C20H19FN2O3/c1-20(2,16-11-22-17-10-13(21)7-8-15(16)17)19(25)23-14-6-4-5-12(9-14)18(24)26-3/h4-11,22H,1-3H3,(H,23,25). The molecule has 0 atom stereocenters. The van der Waals surface area contributed by atoms with Crippen LogP contribution in [0.4, 0.5) is 10.1 Å². The molecule has 5 nitrogen and oxygen atoms in total. The van der Waals surface area contributed by atoms with Crippen molar-refractivity contribution in [3.8, 4) is 0 Å². The van der Waals surface area contributed by atoms with Crippen molar-refractivity contribution >= 4 is 28.5 Å². The van der Waals surface area contributed by atoms with Gasteiger partial charge in [0.15, 0.2) is 0 Å². The van der Waals surface area contributed by atoms with Crippen LogP contribution in [-0.2, 0) is 14.9 Å². The molecule has 3 aromatic rings. The number of nitrogens with one attached hydrogen (secondary N) is 2. The fourth-order valence-electron chi connectivity index (χ4n) is 2.87. The highest BCUT2D eigenvalue weighted by atomic mass is 19.1. The summed E-state index contributed by atoms with van der Waals surface area (Å²) in [5.41, 5.74) is 1.36. The van der Waals surface area contributed by atoms with Crippen molar-refractivity contribution in [3.63, 3.8) is 0 Å². The van der Waals surface area contributed by atoms with Gasteiger partial charge in [0.2, 0.25) is 5.91 Å². The molecular weight excluding hydrogens is 335 g/mol. The van der Waals surface area contributed by atoms with Gasteiger partial charge in [-0.05, 0) is 55.8 Å². The number of amides is 1. The first-order valence-electron chi connectivity index (χ1n) is 8.10. The van der Waals surface area contributed by atoms with E-state index in [4.69, 9.17) is 4.74 Å². The van der Waals surface area contributed by atoms with E-state index in [1.54, 1.807) is 50.4 Å². The van der Waals surface area contributed by atoms with Gasteiger partial charge in [0.25, 0.3) is 0 Å². The Morgan fingerprint density at radius 2 is 1.92 bits per heavy atom. The first-order valence-corrected chi connectivity index (χ1v) is 8.10. The van der Waals surface area contributed by atoms with Crippen molar-refractivity contribution in [2.24, 2.45) is 0 Å². The smallest absolute Gasteiger partial charge is 0.337 e. The van der Waals surface area contributed by atoms with Gasteiger partial charge in [-0.2, -0.15) is 0 Å². The van der Waals surface area contributed by atoms with E-state index in [0.29, 0.717) is 16.8 Å². The van der Waals surface area contributed by atoms with E-state index in [1.165, 1.54) is 19.2 Å². The molecule has 0 aliphatic heterocycles. The molecule has 26 heavy (non-hydrogen) atoms. The zero-order valence-corrected chi connectivity index (χ0v) is 14.7. The minimum Gasteiger partial charge on any atom is -0.465 e. The first-order chi connectivity index (χ1) is 12.3. The molecule has 134 valence electrons. The summed E-state index contributed by atoms with van der Waals surface area (Å²) < 4.78 is 18.1. The molecule has 3 rings (SSSR count). The first kappa shape index (κ1) is 17.7. The number of aromatic amines is 1. The minimum atomic E-state index is -0.878. The molecule has 0 aliphatic rings. The van der Waals surface area contributed by atoms with E-state index < -0.39 is 11.4 Å². The largest absolute Gasteiger partial charge is 0.465 e. The maximum atomic E-state index is 13.4. The monoisotopic (exact) mass is 354 g/mol. The van der Waals surface area contributed by atoms with Crippen LogP contribution in [0.1, 0.15) is 29.8 Å². The lowest BCUT2D eigenvalue weighted by Crippen LogP contribution is -2.34. The fraction of sp³-hybridized carbons (Fsp3) is 0.200. The van der Waals surface area contributed by atoms with E-state index in [9.17, 15) is 14.0 Å². The predicted octanol–water partition coefficient (Wildman–Crippen LogP) is 4.01. The summed E-state index contributed by atoms with van der Waals surface area (Å²) >= 11 is 0. The van der Waals surface area contributed by atoms with Gasteiger partial charge in [0, 0.05) is 22.8 Å². The van der Waals surface area contributed by atoms with Crippen molar-refractivity contribution in [2.75, 3.05) is 12.4 Å². The van der Waals surface area contributed by atoms with E-state index in [-0.39, 0.29) is 11.7 Å².